The second kappa shape index (κ2) is 6.48. The average molecular weight is 313 g/mol. The van der Waals surface area contributed by atoms with Crippen molar-refractivity contribution in [2.24, 2.45) is 0 Å². The van der Waals surface area contributed by atoms with Gasteiger partial charge in [0.15, 0.2) is 0 Å². The van der Waals surface area contributed by atoms with E-state index in [0.717, 1.165) is 30.4 Å². The first kappa shape index (κ1) is 13.8. The first-order valence-corrected chi connectivity index (χ1v) is 7.30. The smallest absolute Gasteiger partial charge is 0.124 e. The summed E-state index contributed by atoms with van der Waals surface area (Å²) in [7, 11) is 0. The van der Waals surface area contributed by atoms with Gasteiger partial charge < -0.3 is 5.11 Å². The molecule has 1 N–H and O–H groups in total. The zero-order valence-electron chi connectivity index (χ0n) is 10.3. The molecule has 98 valence electrons. The number of aliphatic hydroxyl groups is 1. The van der Waals surface area contributed by atoms with Crippen LogP contribution in [0, 0.1) is 5.82 Å². The number of hydrogen-bond donors (Lipinski definition) is 1. The summed E-state index contributed by atoms with van der Waals surface area (Å²) in [6.07, 6.45) is 8.34. The molecule has 0 aromatic heterocycles. The summed E-state index contributed by atoms with van der Waals surface area (Å²) >= 11 is 3.32. The van der Waals surface area contributed by atoms with Crippen LogP contribution in [0.2, 0.25) is 0 Å². The normalized spacial score (nSPS) is 21.6. The van der Waals surface area contributed by atoms with Gasteiger partial charge >= 0.3 is 0 Å². The Morgan fingerprint density at radius 1 is 1.17 bits per heavy atom. The molecule has 1 aliphatic rings. The zero-order chi connectivity index (χ0) is 13.0. The predicted molar refractivity (Wildman–Crippen MR) is 74.8 cm³/mol. The molecule has 0 bridgehead atoms. The van der Waals surface area contributed by atoms with E-state index in [0.29, 0.717) is 4.47 Å². The molecule has 1 aromatic rings. The highest BCUT2D eigenvalue weighted by Crippen LogP contribution is 2.32. The zero-order valence-corrected chi connectivity index (χ0v) is 11.9. The average Bonchev–Trinajstić information content (AvgIpc) is 2.27. The molecule has 0 fully saturated rings. The van der Waals surface area contributed by atoms with Crippen LogP contribution in [0.5, 0.6) is 0 Å². The Labute approximate surface area is 116 Å². The molecule has 0 heterocycles. The van der Waals surface area contributed by atoms with Gasteiger partial charge in [-0.25, -0.2) is 4.39 Å². The summed E-state index contributed by atoms with van der Waals surface area (Å²) in [5, 5.41) is 10.4. The Morgan fingerprint density at radius 2 is 1.94 bits per heavy atom. The number of hydrogen-bond acceptors (Lipinski definition) is 1. The van der Waals surface area contributed by atoms with Crippen LogP contribution in [0.25, 0.3) is 0 Å². The van der Waals surface area contributed by atoms with E-state index in [9.17, 15) is 9.50 Å². The number of aliphatic hydroxyl groups excluding tert-OH is 1. The van der Waals surface area contributed by atoms with Gasteiger partial charge in [-0.05, 0) is 49.0 Å². The number of allylic oxidation sites excluding steroid dienone is 1. The monoisotopic (exact) mass is 312 g/mol. The van der Waals surface area contributed by atoms with E-state index in [-0.39, 0.29) is 5.82 Å². The quantitative estimate of drug-likeness (QED) is 0.770. The molecular weight excluding hydrogens is 295 g/mol. The fraction of sp³-hybridized carbons (Fsp3) is 0.467. The summed E-state index contributed by atoms with van der Waals surface area (Å²) in [5.74, 6) is -0.288. The van der Waals surface area contributed by atoms with E-state index in [1.165, 1.54) is 31.4 Å². The Kier molecular flexibility index (Phi) is 4.95. The number of halogens is 2. The van der Waals surface area contributed by atoms with E-state index in [2.05, 4.69) is 22.0 Å². The molecule has 1 aliphatic carbocycles. The van der Waals surface area contributed by atoms with Crippen LogP contribution in [0.4, 0.5) is 4.39 Å². The van der Waals surface area contributed by atoms with Gasteiger partial charge in [0, 0.05) is 4.47 Å². The molecule has 1 nitrogen and oxygen atoms in total. The maximum atomic E-state index is 13.0. The van der Waals surface area contributed by atoms with E-state index >= 15 is 0 Å². The van der Waals surface area contributed by atoms with Gasteiger partial charge in [0.2, 0.25) is 0 Å². The van der Waals surface area contributed by atoms with Gasteiger partial charge in [0.25, 0.3) is 0 Å². The third kappa shape index (κ3) is 3.42. The highest BCUT2D eigenvalue weighted by Gasteiger charge is 2.17. The molecule has 2 rings (SSSR count). The summed E-state index contributed by atoms with van der Waals surface area (Å²) in [6.45, 7) is 0. The predicted octanol–water partition coefficient (Wildman–Crippen LogP) is 4.90. The minimum atomic E-state index is -0.613. The molecule has 18 heavy (non-hydrogen) atoms. The van der Waals surface area contributed by atoms with E-state index in [1.54, 1.807) is 6.07 Å². The SMILES string of the molecule is OC(/C1=C/CCCCCC1)c1ccc(F)cc1Br. The second-order valence-corrected chi connectivity index (χ2v) is 5.65. The van der Waals surface area contributed by atoms with Crippen molar-refractivity contribution >= 4 is 15.9 Å². The van der Waals surface area contributed by atoms with Crippen LogP contribution >= 0.6 is 15.9 Å². The first-order valence-electron chi connectivity index (χ1n) is 6.50. The first-order chi connectivity index (χ1) is 8.68. The van der Waals surface area contributed by atoms with Gasteiger partial charge in [-0.15, -0.1) is 0 Å². The van der Waals surface area contributed by atoms with Crippen molar-refractivity contribution in [3.05, 3.63) is 45.7 Å². The fourth-order valence-corrected chi connectivity index (χ4v) is 2.96. The maximum absolute atomic E-state index is 13.0. The third-order valence-electron chi connectivity index (χ3n) is 3.43. The number of benzene rings is 1. The number of rotatable bonds is 2. The molecule has 1 aromatic carbocycles. The van der Waals surface area contributed by atoms with Crippen LogP contribution in [0.15, 0.2) is 34.3 Å². The molecule has 0 radical (unpaired) electrons. The van der Waals surface area contributed by atoms with Crippen molar-refractivity contribution in [1.29, 1.82) is 0 Å². The van der Waals surface area contributed by atoms with Crippen LogP contribution in [0.1, 0.15) is 50.2 Å². The highest BCUT2D eigenvalue weighted by molar-refractivity contribution is 9.10. The molecule has 0 spiro atoms. The molecule has 0 saturated carbocycles. The van der Waals surface area contributed by atoms with Gasteiger partial charge in [-0.2, -0.15) is 0 Å². The lowest BCUT2D eigenvalue weighted by atomic mass is 9.93. The largest absolute Gasteiger partial charge is 0.384 e. The van der Waals surface area contributed by atoms with Gasteiger partial charge in [0.05, 0.1) is 0 Å². The summed E-state index contributed by atoms with van der Waals surface area (Å²) in [6, 6.07) is 4.46. The van der Waals surface area contributed by atoms with Crippen LogP contribution in [-0.4, -0.2) is 5.11 Å². The van der Waals surface area contributed by atoms with Crippen LogP contribution in [-0.2, 0) is 0 Å². The van der Waals surface area contributed by atoms with Crippen molar-refractivity contribution in [2.75, 3.05) is 0 Å². The van der Waals surface area contributed by atoms with Gasteiger partial charge in [-0.1, -0.05) is 40.9 Å². The molecular formula is C15H18BrFO. The molecule has 0 saturated heterocycles. The Morgan fingerprint density at radius 3 is 2.72 bits per heavy atom. The second-order valence-electron chi connectivity index (χ2n) is 4.80. The Bertz CT molecular complexity index is 442. The molecule has 0 amide bonds. The summed E-state index contributed by atoms with van der Waals surface area (Å²) in [5.41, 5.74) is 1.82. The third-order valence-corrected chi connectivity index (χ3v) is 4.12. The van der Waals surface area contributed by atoms with E-state index < -0.39 is 6.10 Å². The molecule has 1 atom stereocenters. The lowest BCUT2D eigenvalue weighted by Crippen LogP contribution is -2.04. The molecule has 1 unspecified atom stereocenters. The van der Waals surface area contributed by atoms with E-state index in [4.69, 9.17) is 0 Å². The Hall–Kier alpha value is -0.670. The Balaban J connectivity index is 2.20. The summed E-state index contributed by atoms with van der Waals surface area (Å²) < 4.78 is 13.7. The standard InChI is InChI=1S/C15H18BrFO/c16-14-10-12(17)8-9-13(14)15(18)11-6-4-2-1-3-5-7-11/h6,8-10,15,18H,1-5,7H2/b11-6+. The van der Waals surface area contributed by atoms with Crippen molar-refractivity contribution in [3.8, 4) is 0 Å². The van der Waals surface area contributed by atoms with Gasteiger partial charge in [-0.3, -0.25) is 0 Å². The lowest BCUT2D eigenvalue weighted by molar-refractivity contribution is 0.208. The minimum Gasteiger partial charge on any atom is -0.384 e. The van der Waals surface area contributed by atoms with Gasteiger partial charge in [0.1, 0.15) is 11.9 Å². The van der Waals surface area contributed by atoms with Crippen molar-refractivity contribution in [3.63, 3.8) is 0 Å². The molecule has 0 aliphatic heterocycles. The van der Waals surface area contributed by atoms with Crippen molar-refractivity contribution in [2.45, 2.75) is 44.6 Å². The maximum Gasteiger partial charge on any atom is 0.124 e. The van der Waals surface area contributed by atoms with Crippen LogP contribution in [0.3, 0.4) is 0 Å². The van der Waals surface area contributed by atoms with E-state index in [1.807, 2.05) is 0 Å². The van der Waals surface area contributed by atoms with Crippen molar-refractivity contribution < 1.29 is 9.50 Å². The molecule has 3 heteroatoms. The summed E-state index contributed by atoms with van der Waals surface area (Å²) in [4.78, 5) is 0. The minimum absolute atomic E-state index is 0.288. The highest BCUT2D eigenvalue weighted by atomic mass is 79.9. The van der Waals surface area contributed by atoms with Crippen LogP contribution < -0.4 is 0 Å². The topological polar surface area (TPSA) is 20.2 Å². The fourth-order valence-electron chi connectivity index (χ4n) is 2.39. The van der Waals surface area contributed by atoms with Crippen molar-refractivity contribution in [1.82, 2.24) is 0 Å². The lowest BCUT2D eigenvalue weighted by Gasteiger charge is -2.19.